The zero-order valence-corrected chi connectivity index (χ0v) is 14.9. The summed E-state index contributed by atoms with van der Waals surface area (Å²) in [7, 11) is 0. The minimum Gasteiger partial charge on any atom is -0.408 e. The van der Waals surface area contributed by atoms with Crippen LogP contribution in [0.2, 0.25) is 0 Å². The first-order valence-electron chi connectivity index (χ1n) is 9.19. The van der Waals surface area contributed by atoms with Crippen LogP contribution in [-0.2, 0) is 4.79 Å². The minimum atomic E-state index is -0.527. The Balaban J connectivity index is 1.61. The molecule has 2 heterocycles. The van der Waals surface area contributed by atoms with E-state index in [0.717, 1.165) is 25.7 Å². The van der Waals surface area contributed by atoms with Gasteiger partial charge in [0.05, 0.1) is 11.1 Å². The molecule has 1 spiro atoms. The molecule has 1 aliphatic heterocycles. The molecule has 2 fully saturated rings. The third kappa shape index (κ3) is 2.81. The van der Waals surface area contributed by atoms with Gasteiger partial charge in [-0.05, 0) is 31.0 Å². The van der Waals surface area contributed by atoms with Gasteiger partial charge >= 0.3 is 5.76 Å². The summed E-state index contributed by atoms with van der Waals surface area (Å²) in [5.74, 6) is -0.501. The minimum absolute atomic E-state index is 0.0675. The first-order chi connectivity index (χ1) is 12.5. The van der Waals surface area contributed by atoms with E-state index in [9.17, 15) is 14.4 Å². The maximum atomic E-state index is 13.1. The van der Waals surface area contributed by atoms with Gasteiger partial charge in [-0.3, -0.25) is 14.6 Å². The highest BCUT2D eigenvalue weighted by atomic mass is 16.4. The maximum absolute atomic E-state index is 13.1. The molecular formula is C19H23N3O4. The molecule has 2 aromatic rings. The second-order valence-corrected chi connectivity index (χ2v) is 7.41. The van der Waals surface area contributed by atoms with Crippen LogP contribution in [0.1, 0.15) is 49.4 Å². The average Bonchev–Trinajstić information content (AvgIpc) is 3.00. The lowest BCUT2D eigenvalue weighted by atomic mass is 9.78. The Morgan fingerprint density at radius 1 is 1.15 bits per heavy atom. The molecule has 0 radical (unpaired) electrons. The number of rotatable bonds is 1. The van der Waals surface area contributed by atoms with Crippen LogP contribution >= 0.6 is 0 Å². The van der Waals surface area contributed by atoms with Gasteiger partial charge in [-0.2, -0.15) is 0 Å². The summed E-state index contributed by atoms with van der Waals surface area (Å²) in [6.45, 7) is 3.30. The van der Waals surface area contributed by atoms with E-state index >= 15 is 0 Å². The lowest BCUT2D eigenvalue weighted by Crippen LogP contribution is -2.65. The quantitative estimate of drug-likeness (QED) is 0.847. The predicted octanol–water partition coefficient (Wildman–Crippen LogP) is 2.13. The first-order valence-corrected chi connectivity index (χ1v) is 9.19. The first kappa shape index (κ1) is 16.9. The zero-order valence-electron chi connectivity index (χ0n) is 14.9. The predicted molar refractivity (Wildman–Crippen MR) is 95.9 cm³/mol. The molecule has 1 aromatic heterocycles. The molecule has 0 unspecified atom stereocenters. The molecule has 0 atom stereocenters. The second-order valence-electron chi connectivity index (χ2n) is 7.41. The highest BCUT2D eigenvalue weighted by Crippen LogP contribution is 2.37. The Morgan fingerprint density at radius 2 is 1.92 bits per heavy atom. The summed E-state index contributed by atoms with van der Waals surface area (Å²) in [5.41, 5.74) is 1.26. The van der Waals surface area contributed by atoms with Crippen molar-refractivity contribution in [1.29, 1.82) is 0 Å². The number of aromatic nitrogens is 1. The number of amides is 2. The summed E-state index contributed by atoms with van der Waals surface area (Å²) in [5, 5.41) is 0. The number of hydrogen-bond acceptors (Lipinski definition) is 4. The lowest BCUT2D eigenvalue weighted by molar-refractivity contribution is -0.141. The number of carbonyl (C=O) groups is 2. The Morgan fingerprint density at radius 3 is 2.65 bits per heavy atom. The molecule has 2 amide bonds. The molecule has 1 saturated heterocycles. The van der Waals surface area contributed by atoms with Crippen molar-refractivity contribution in [3.8, 4) is 0 Å². The molecule has 2 aliphatic rings. The molecule has 1 N–H and O–H groups in total. The lowest BCUT2D eigenvalue weighted by Gasteiger charge is -2.52. The number of hydrogen-bond donors (Lipinski definition) is 1. The van der Waals surface area contributed by atoms with Gasteiger partial charge in [0.2, 0.25) is 5.91 Å². The van der Waals surface area contributed by atoms with Crippen molar-refractivity contribution in [3.63, 3.8) is 0 Å². The molecule has 7 heteroatoms. The number of aromatic amines is 1. The normalized spacial score (nSPS) is 19.9. The van der Waals surface area contributed by atoms with E-state index in [2.05, 4.69) is 4.98 Å². The van der Waals surface area contributed by atoms with Gasteiger partial charge in [-0.15, -0.1) is 0 Å². The van der Waals surface area contributed by atoms with Crippen LogP contribution in [0, 0.1) is 0 Å². The fraction of sp³-hybridized carbons (Fsp3) is 0.526. The number of nitrogens with zero attached hydrogens (tertiary/aromatic N) is 2. The Labute approximate surface area is 150 Å². The van der Waals surface area contributed by atoms with E-state index in [1.165, 1.54) is 6.42 Å². The van der Waals surface area contributed by atoms with Gasteiger partial charge in [0.25, 0.3) is 5.91 Å². The van der Waals surface area contributed by atoms with E-state index in [0.29, 0.717) is 36.3 Å². The van der Waals surface area contributed by atoms with Gasteiger partial charge < -0.3 is 14.2 Å². The van der Waals surface area contributed by atoms with E-state index in [1.54, 1.807) is 25.1 Å². The summed E-state index contributed by atoms with van der Waals surface area (Å²) >= 11 is 0. The average molecular weight is 357 g/mol. The van der Waals surface area contributed by atoms with E-state index in [1.807, 2.05) is 9.80 Å². The number of nitrogens with one attached hydrogen (secondary N) is 1. The molecule has 138 valence electrons. The van der Waals surface area contributed by atoms with Crippen molar-refractivity contribution < 1.29 is 14.0 Å². The van der Waals surface area contributed by atoms with Crippen LogP contribution in [0.25, 0.3) is 11.1 Å². The zero-order chi connectivity index (χ0) is 18.3. The van der Waals surface area contributed by atoms with Crippen molar-refractivity contribution >= 4 is 22.9 Å². The highest BCUT2D eigenvalue weighted by Gasteiger charge is 2.44. The number of benzene rings is 1. The highest BCUT2D eigenvalue weighted by molar-refractivity contribution is 5.97. The molecule has 1 aliphatic carbocycles. The van der Waals surface area contributed by atoms with Crippen LogP contribution in [0.15, 0.2) is 27.4 Å². The summed E-state index contributed by atoms with van der Waals surface area (Å²) in [6, 6.07) is 4.99. The van der Waals surface area contributed by atoms with Crippen molar-refractivity contribution in [2.45, 2.75) is 44.6 Å². The largest absolute Gasteiger partial charge is 0.417 e. The molecule has 0 bridgehead atoms. The molecule has 1 aromatic carbocycles. The maximum Gasteiger partial charge on any atom is 0.417 e. The number of fused-ring (bicyclic) bond motifs is 1. The monoisotopic (exact) mass is 357 g/mol. The SMILES string of the molecule is CC(=O)N1CCN(C(=O)c2ccc3oc(=O)[nH]c3c2)CC12CCCCC2. The van der Waals surface area contributed by atoms with Crippen molar-refractivity contribution in [2.24, 2.45) is 0 Å². The molecule has 4 rings (SSSR count). The van der Waals surface area contributed by atoms with Crippen molar-refractivity contribution in [1.82, 2.24) is 14.8 Å². The Kier molecular flexibility index (Phi) is 4.09. The van der Waals surface area contributed by atoms with Gasteiger partial charge in [0.15, 0.2) is 5.58 Å². The van der Waals surface area contributed by atoms with Gasteiger partial charge in [0, 0.05) is 32.1 Å². The number of oxazole rings is 1. The van der Waals surface area contributed by atoms with Crippen molar-refractivity contribution in [2.75, 3.05) is 19.6 Å². The van der Waals surface area contributed by atoms with Gasteiger partial charge in [-0.25, -0.2) is 4.79 Å². The topological polar surface area (TPSA) is 86.6 Å². The van der Waals surface area contributed by atoms with Gasteiger partial charge in [0.1, 0.15) is 0 Å². The van der Waals surface area contributed by atoms with Crippen LogP contribution in [0.5, 0.6) is 0 Å². The van der Waals surface area contributed by atoms with Crippen LogP contribution in [-0.4, -0.2) is 51.8 Å². The van der Waals surface area contributed by atoms with E-state index in [-0.39, 0.29) is 17.4 Å². The van der Waals surface area contributed by atoms with Gasteiger partial charge in [-0.1, -0.05) is 19.3 Å². The van der Waals surface area contributed by atoms with E-state index in [4.69, 9.17) is 4.42 Å². The van der Waals surface area contributed by atoms with Crippen LogP contribution < -0.4 is 5.76 Å². The van der Waals surface area contributed by atoms with E-state index < -0.39 is 5.76 Å². The summed E-state index contributed by atoms with van der Waals surface area (Å²) in [4.78, 5) is 42.9. The second kappa shape index (κ2) is 6.30. The fourth-order valence-corrected chi connectivity index (χ4v) is 4.55. The standard InChI is InChI=1S/C19H23N3O4/c1-13(23)22-10-9-21(12-19(22)7-3-2-4-8-19)17(24)14-5-6-16-15(11-14)20-18(25)26-16/h5-6,11H,2-4,7-10,12H2,1H3,(H,20,25). The number of carbonyl (C=O) groups excluding carboxylic acids is 2. The van der Waals surface area contributed by atoms with Crippen LogP contribution in [0.3, 0.4) is 0 Å². The number of H-pyrrole nitrogens is 1. The fourth-order valence-electron chi connectivity index (χ4n) is 4.55. The van der Waals surface area contributed by atoms with Crippen molar-refractivity contribution in [3.05, 3.63) is 34.3 Å². The Bertz CT molecular complexity index is 907. The van der Waals surface area contributed by atoms with Crippen LogP contribution in [0.4, 0.5) is 0 Å². The molecule has 1 saturated carbocycles. The summed E-state index contributed by atoms with van der Waals surface area (Å²) in [6.07, 6.45) is 5.27. The molecule has 7 nitrogen and oxygen atoms in total. The Hall–Kier alpha value is -2.57. The third-order valence-corrected chi connectivity index (χ3v) is 5.77. The molecular weight excluding hydrogens is 334 g/mol. The summed E-state index contributed by atoms with van der Waals surface area (Å²) < 4.78 is 5.00. The third-order valence-electron chi connectivity index (χ3n) is 5.77. The smallest absolute Gasteiger partial charge is 0.408 e. The number of piperazine rings is 1. The molecule has 26 heavy (non-hydrogen) atoms.